The number of hydrogen-bond acceptors (Lipinski definition) is 3. The Balaban J connectivity index is 1.85. The lowest BCUT2D eigenvalue weighted by molar-refractivity contribution is -0.154. The highest BCUT2D eigenvalue weighted by molar-refractivity contribution is 6.30. The quantitative estimate of drug-likeness (QED) is 0.551. The van der Waals surface area contributed by atoms with Gasteiger partial charge in [0, 0.05) is 36.9 Å². The summed E-state index contributed by atoms with van der Waals surface area (Å²) in [7, 11) is 1.61. The Hall–Kier alpha value is -2.48. The zero-order valence-corrected chi connectivity index (χ0v) is 15.4. The third-order valence-corrected chi connectivity index (χ3v) is 3.72. The zero-order valence-electron chi connectivity index (χ0n) is 14.7. The number of pyridine rings is 1. The summed E-state index contributed by atoms with van der Waals surface area (Å²) in [6.07, 6.45) is -2.29. The maximum atomic E-state index is 12.3. The number of ether oxygens (including phenoxy) is 1. The molecule has 0 atom stereocenters. The first-order valence-electron chi connectivity index (χ1n) is 8.20. The van der Waals surface area contributed by atoms with Crippen LogP contribution < -0.4 is 15.4 Å². The second-order valence-electron chi connectivity index (χ2n) is 5.60. The largest absolute Gasteiger partial charge is 0.468 e. The molecule has 2 N–H and O–H groups in total. The highest BCUT2D eigenvalue weighted by Crippen LogP contribution is 2.19. The summed E-state index contributed by atoms with van der Waals surface area (Å²) < 4.78 is 41.8. The molecule has 0 aliphatic heterocycles. The molecule has 0 saturated heterocycles. The van der Waals surface area contributed by atoms with Crippen LogP contribution in [0.5, 0.6) is 5.88 Å². The van der Waals surface area contributed by atoms with Crippen molar-refractivity contribution >= 4 is 17.6 Å². The van der Waals surface area contributed by atoms with Gasteiger partial charge in [-0.1, -0.05) is 29.8 Å². The molecule has 0 saturated carbocycles. The van der Waals surface area contributed by atoms with E-state index >= 15 is 0 Å². The molecule has 27 heavy (non-hydrogen) atoms. The van der Waals surface area contributed by atoms with Crippen LogP contribution in [0.15, 0.2) is 47.6 Å². The number of aromatic nitrogens is 1. The SMILES string of the molecule is CN=C(NCCc1cccc(Cl)c1)NCc1cccnc1OCC(F)(F)F. The van der Waals surface area contributed by atoms with Gasteiger partial charge in [-0.2, -0.15) is 13.2 Å². The van der Waals surface area contributed by atoms with Crippen molar-refractivity contribution in [3.8, 4) is 5.88 Å². The van der Waals surface area contributed by atoms with Crippen LogP contribution in [0.3, 0.4) is 0 Å². The molecule has 1 aromatic carbocycles. The Morgan fingerprint density at radius 2 is 2.04 bits per heavy atom. The van der Waals surface area contributed by atoms with Crippen molar-refractivity contribution in [2.45, 2.75) is 19.1 Å². The van der Waals surface area contributed by atoms with Crippen molar-refractivity contribution in [3.05, 3.63) is 58.7 Å². The van der Waals surface area contributed by atoms with E-state index in [0.29, 0.717) is 23.1 Å². The number of aliphatic imine (C=N–C) groups is 1. The first-order chi connectivity index (χ1) is 12.9. The Morgan fingerprint density at radius 1 is 1.22 bits per heavy atom. The fraction of sp³-hybridized carbons (Fsp3) is 0.333. The van der Waals surface area contributed by atoms with Crippen LogP contribution in [0.1, 0.15) is 11.1 Å². The number of nitrogens with zero attached hydrogens (tertiary/aromatic N) is 2. The van der Waals surface area contributed by atoms with Crippen molar-refractivity contribution in [1.82, 2.24) is 15.6 Å². The number of alkyl halides is 3. The predicted octanol–water partition coefficient (Wildman–Crippen LogP) is 3.58. The van der Waals surface area contributed by atoms with E-state index in [0.717, 1.165) is 12.0 Å². The lowest BCUT2D eigenvalue weighted by atomic mass is 10.1. The van der Waals surface area contributed by atoms with Crippen molar-refractivity contribution in [2.24, 2.45) is 4.99 Å². The Morgan fingerprint density at radius 3 is 2.74 bits per heavy atom. The molecule has 2 rings (SSSR count). The number of nitrogens with one attached hydrogen (secondary N) is 2. The van der Waals surface area contributed by atoms with E-state index in [9.17, 15) is 13.2 Å². The Kier molecular flexibility index (Phi) is 7.72. The fourth-order valence-corrected chi connectivity index (χ4v) is 2.47. The number of rotatable bonds is 7. The minimum Gasteiger partial charge on any atom is -0.468 e. The maximum absolute atomic E-state index is 12.3. The second kappa shape index (κ2) is 10.0. The van der Waals surface area contributed by atoms with Gasteiger partial charge in [-0.25, -0.2) is 4.98 Å². The van der Waals surface area contributed by atoms with Crippen molar-refractivity contribution < 1.29 is 17.9 Å². The van der Waals surface area contributed by atoms with Gasteiger partial charge in [0.25, 0.3) is 0 Å². The van der Waals surface area contributed by atoms with Gasteiger partial charge in [0.2, 0.25) is 5.88 Å². The van der Waals surface area contributed by atoms with Gasteiger partial charge in [-0.05, 0) is 30.2 Å². The molecule has 0 unspecified atom stereocenters. The van der Waals surface area contributed by atoms with E-state index in [1.54, 1.807) is 19.2 Å². The van der Waals surface area contributed by atoms with Crippen LogP contribution in [0, 0.1) is 0 Å². The summed E-state index contributed by atoms with van der Waals surface area (Å²) in [4.78, 5) is 7.95. The maximum Gasteiger partial charge on any atom is 0.422 e. The third kappa shape index (κ3) is 7.74. The van der Waals surface area contributed by atoms with Crippen molar-refractivity contribution in [3.63, 3.8) is 0 Å². The molecule has 0 spiro atoms. The Bertz CT molecular complexity index is 768. The molecular weight excluding hydrogens is 381 g/mol. The van der Waals surface area contributed by atoms with E-state index in [4.69, 9.17) is 16.3 Å². The fourth-order valence-electron chi connectivity index (χ4n) is 2.26. The second-order valence-corrected chi connectivity index (χ2v) is 6.04. The van der Waals surface area contributed by atoms with Gasteiger partial charge in [0.1, 0.15) is 0 Å². The molecule has 1 heterocycles. The minimum absolute atomic E-state index is 0.0586. The van der Waals surface area contributed by atoms with Gasteiger partial charge in [-0.15, -0.1) is 0 Å². The van der Waals surface area contributed by atoms with E-state index in [-0.39, 0.29) is 12.4 Å². The molecule has 9 heteroatoms. The standard InChI is InChI=1S/C18H20ClF3N4O/c1-23-17(25-9-7-13-4-2-6-15(19)10-13)26-11-14-5-3-8-24-16(14)27-12-18(20,21)22/h2-6,8,10H,7,9,11-12H2,1H3,(H2,23,25,26). The van der Waals surface area contributed by atoms with Crippen LogP contribution in [-0.4, -0.2) is 37.3 Å². The smallest absolute Gasteiger partial charge is 0.422 e. The molecule has 0 amide bonds. The van der Waals surface area contributed by atoms with Crippen LogP contribution in [-0.2, 0) is 13.0 Å². The summed E-state index contributed by atoms with van der Waals surface area (Å²) in [5.41, 5.74) is 1.58. The van der Waals surface area contributed by atoms with Crippen molar-refractivity contribution in [1.29, 1.82) is 0 Å². The predicted molar refractivity (Wildman–Crippen MR) is 99.1 cm³/mol. The summed E-state index contributed by atoms with van der Waals surface area (Å²) >= 11 is 5.96. The molecule has 0 fully saturated rings. The van der Waals surface area contributed by atoms with Crippen LogP contribution >= 0.6 is 11.6 Å². The van der Waals surface area contributed by atoms with Gasteiger partial charge in [0.05, 0.1) is 0 Å². The van der Waals surface area contributed by atoms with E-state index in [1.807, 2.05) is 24.3 Å². The zero-order chi connectivity index (χ0) is 19.7. The molecule has 0 bridgehead atoms. The van der Waals surface area contributed by atoms with E-state index in [1.165, 1.54) is 6.20 Å². The first-order valence-corrected chi connectivity index (χ1v) is 8.57. The summed E-state index contributed by atoms with van der Waals surface area (Å²) in [6, 6.07) is 10.8. The molecule has 5 nitrogen and oxygen atoms in total. The van der Waals surface area contributed by atoms with Crippen LogP contribution in [0.4, 0.5) is 13.2 Å². The summed E-state index contributed by atoms with van der Waals surface area (Å²) in [5.74, 6) is 0.458. The summed E-state index contributed by atoms with van der Waals surface area (Å²) in [5, 5.41) is 6.85. The average molecular weight is 401 g/mol. The lowest BCUT2D eigenvalue weighted by Crippen LogP contribution is -2.38. The monoisotopic (exact) mass is 400 g/mol. The number of hydrogen-bond donors (Lipinski definition) is 2. The normalized spacial score (nSPS) is 12.0. The number of guanidine groups is 1. The third-order valence-electron chi connectivity index (χ3n) is 3.49. The van der Waals surface area contributed by atoms with E-state index < -0.39 is 12.8 Å². The summed E-state index contributed by atoms with van der Waals surface area (Å²) in [6.45, 7) is -0.550. The highest BCUT2D eigenvalue weighted by Gasteiger charge is 2.29. The number of benzene rings is 1. The van der Waals surface area contributed by atoms with E-state index in [2.05, 4.69) is 20.6 Å². The molecule has 146 valence electrons. The molecule has 0 radical (unpaired) electrons. The first kappa shape index (κ1) is 20.8. The highest BCUT2D eigenvalue weighted by atomic mass is 35.5. The molecular formula is C18H20ClF3N4O. The molecule has 1 aromatic heterocycles. The molecule has 2 aromatic rings. The van der Waals surface area contributed by atoms with Crippen LogP contribution in [0.25, 0.3) is 0 Å². The van der Waals surface area contributed by atoms with Gasteiger partial charge >= 0.3 is 6.18 Å². The molecule has 0 aliphatic rings. The van der Waals surface area contributed by atoms with Crippen LogP contribution in [0.2, 0.25) is 5.02 Å². The average Bonchev–Trinajstić information content (AvgIpc) is 2.63. The Labute approximate surface area is 160 Å². The van der Waals surface area contributed by atoms with Gasteiger partial charge in [-0.3, -0.25) is 4.99 Å². The van der Waals surface area contributed by atoms with Crippen molar-refractivity contribution in [2.75, 3.05) is 20.2 Å². The van der Waals surface area contributed by atoms with Gasteiger partial charge in [0.15, 0.2) is 12.6 Å². The van der Waals surface area contributed by atoms with Gasteiger partial charge < -0.3 is 15.4 Å². The minimum atomic E-state index is -4.42. The molecule has 0 aliphatic carbocycles. The number of halogens is 4. The lowest BCUT2D eigenvalue weighted by Gasteiger charge is -2.15. The topological polar surface area (TPSA) is 58.5 Å².